The minimum Gasteiger partial charge on any atom is -0.453 e. The van der Waals surface area contributed by atoms with E-state index in [-0.39, 0.29) is 36.6 Å². The van der Waals surface area contributed by atoms with E-state index in [4.69, 9.17) is 4.74 Å². The van der Waals surface area contributed by atoms with Crippen LogP contribution in [0.4, 0.5) is 0 Å². The molecule has 0 radical (unpaired) electrons. The van der Waals surface area contributed by atoms with Crippen LogP contribution >= 0.6 is 0 Å². The molecule has 20 heavy (non-hydrogen) atoms. The van der Waals surface area contributed by atoms with Gasteiger partial charge in [0.1, 0.15) is 17.3 Å². The topological polar surface area (TPSA) is 77.5 Å². The Hall–Kier alpha value is -1.78. The molecule has 0 aromatic carbocycles. The normalized spacial score (nSPS) is 25.4. The molecular formula is C15H18O5. The molecule has 0 bridgehead atoms. The van der Waals surface area contributed by atoms with Gasteiger partial charge in [-0.1, -0.05) is 0 Å². The van der Waals surface area contributed by atoms with Crippen LogP contribution in [0, 0.1) is 5.41 Å². The Labute approximate surface area is 117 Å². The molecule has 2 aliphatic rings. The maximum atomic E-state index is 12.1. The fourth-order valence-electron chi connectivity index (χ4n) is 2.88. The second-order valence-electron chi connectivity index (χ2n) is 5.69. The molecule has 0 amide bonds. The third kappa shape index (κ3) is 2.11. The van der Waals surface area contributed by atoms with Crippen molar-refractivity contribution in [2.24, 2.45) is 5.41 Å². The summed E-state index contributed by atoms with van der Waals surface area (Å²) >= 11 is 0. The second-order valence-corrected chi connectivity index (χ2v) is 5.69. The van der Waals surface area contributed by atoms with E-state index in [0.29, 0.717) is 17.6 Å². The van der Waals surface area contributed by atoms with Crippen LogP contribution < -0.4 is 0 Å². The number of carbonyl (C=O) groups is 4. The molecule has 0 saturated heterocycles. The SMILES string of the molecule is CC(=O)CCC1=C(C)C(=O)OC1C1(C)C(=O)CCC1=O. The van der Waals surface area contributed by atoms with Crippen LogP contribution in [0.15, 0.2) is 11.1 Å². The molecule has 1 atom stereocenters. The highest BCUT2D eigenvalue weighted by atomic mass is 16.6. The number of hydrogen-bond donors (Lipinski definition) is 0. The predicted molar refractivity (Wildman–Crippen MR) is 69.9 cm³/mol. The first kappa shape index (κ1) is 14.6. The number of ether oxygens (including phenoxy) is 1. The number of Topliss-reactive ketones (excluding diaryl/α,β-unsaturated/α-hetero) is 3. The summed E-state index contributed by atoms with van der Waals surface area (Å²) in [4.78, 5) is 47.1. The van der Waals surface area contributed by atoms with E-state index < -0.39 is 17.5 Å². The first-order chi connectivity index (χ1) is 9.28. The molecule has 0 spiro atoms. The summed E-state index contributed by atoms with van der Waals surface area (Å²) in [5, 5.41) is 0. The highest BCUT2D eigenvalue weighted by Crippen LogP contribution is 2.43. The molecule has 1 heterocycles. The van der Waals surface area contributed by atoms with Crippen LogP contribution in [0.5, 0.6) is 0 Å². The Morgan fingerprint density at radius 2 is 1.80 bits per heavy atom. The fraction of sp³-hybridized carbons (Fsp3) is 0.600. The Kier molecular flexibility index (Phi) is 3.63. The molecule has 1 aliphatic heterocycles. The number of carbonyl (C=O) groups excluding carboxylic acids is 4. The molecule has 1 aliphatic carbocycles. The van der Waals surface area contributed by atoms with Crippen molar-refractivity contribution in [1.29, 1.82) is 0 Å². The van der Waals surface area contributed by atoms with Gasteiger partial charge >= 0.3 is 5.97 Å². The number of esters is 1. The maximum Gasteiger partial charge on any atom is 0.334 e. The molecule has 5 nitrogen and oxygen atoms in total. The van der Waals surface area contributed by atoms with E-state index in [1.165, 1.54) is 6.92 Å². The molecule has 5 heteroatoms. The van der Waals surface area contributed by atoms with E-state index in [1.807, 2.05) is 0 Å². The summed E-state index contributed by atoms with van der Waals surface area (Å²) in [6.45, 7) is 4.64. The molecule has 2 rings (SSSR count). The van der Waals surface area contributed by atoms with Crippen molar-refractivity contribution >= 4 is 23.3 Å². The first-order valence-corrected chi connectivity index (χ1v) is 6.75. The molecule has 0 aromatic heterocycles. The van der Waals surface area contributed by atoms with Crippen molar-refractivity contribution in [2.75, 3.05) is 0 Å². The predicted octanol–water partition coefficient (Wildman–Crippen LogP) is 1.54. The van der Waals surface area contributed by atoms with Crippen LogP contribution in [-0.2, 0) is 23.9 Å². The van der Waals surface area contributed by atoms with Crippen LogP contribution in [0.2, 0.25) is 0 Å². The van der Waals surface area contributed by atoms with Gasteiger partial charge in [0.2, 0.25) is 0 Å². The van der Waals surface area contributed by atoms with Gasteiger partial charge in [0, 0.05) is 24.8 Å². The minimum atomic E-state index is -1.28. The number of ketones is 3. The average Bonchev–Trinajstić information content (AvgIpc) is 2.81. The van der Waals surface area contributed by atoms with Crippen molar-refractivity contribution in [3.63, 3.8) is 0 Å². The van der Waals surface area contributed by atoms with Gasteiger partial charge in [-0.15, -0.1) is 0 Å². The standard InChI is InChI=1S/C15H18O5/c1-8(16)4-5-10-9(2)14(19)20-13(10)15(3)11(17)6-7-12(15)18/h13H,4-7H2,1-3H3. The first-order valence-electron chi connectivity index (χ1n) is 6.75. The van der Waals surface area contributed by atoms with Crippen molar-refractivity contribution in [3.8, 4) is 0 Å². The van der Waals surface area contributed by atoms with Gasteiger partial charge in [-0.05, 0) is 32.8 Å². The van der Waals surface area contributed by atoms with Gasteiger partial charge in [-0.3, -0.25) is 9.59 Å². The lowest BCUT2D eigenvalue weighted by atomic mass is 9.76. The number of cyclic esters (lactones) is 1. The Balaban J connectivity index is 2.36. The lowest BCUT2D eigenvalue weighted by Gasteiger charge is -2.28. The average molecular weight is 278 g/mol. The minimum absolute atomic E-state index is 0.00220. The van der Waals surface area contributed by atoms with Crippen molar-refractivity contribution < 1.29 is 23.9 Å². The van der Waals surface area contributed by atoms with Crippen LogP contribution in [0.25, 0.3) is 0 Å². The molecule has 1 saturated carbocycles. The fourth-order valence-corrected chi connectivity index (χ4v) is 2.88. The van der Waals surface area contributed by atoms with E-state index in [9.17, 15) is 19.2 Å². The molecule has 1 fully saturated rings. The van der Waals surface area contributed by atoms with Gasteiger partial charge in [-0.2, -0.15) is 0 Å². The summed E-state index contributed by atoms with van der Waals surface area (Å²) in [6, 6.07) is 0. The van der Waals surface area contributed by atoms with Crippen molar-refractivity contribution in [1.82, 2.24) is 0 Å². The molecule has 0 N–H and O–H groups in total. The lowest BCUT2D eigenvalue weighted by molar-refractivity contribution is -0.151. The second kappa shape index (κ2) is 4.96. The zero-order valence-electron chi connectivity index (χ0n) is 11.9. The summed E-state index contributed by atoms with van der Waals surface area (Å²) < 4.78 is 5.28. The van der Waals surface area contributed by atoms with Crippen LogP contribution in [0.3, 0.4) is 0 Å². The third-order valence-corrected chi connectivity index (χ3v) is 4.34. The van der Waals surface area contributed by atoms with E-state index in [2.05, 4.69) is 0 Å². The van der Waals surface area contributed by atoms with E-state index >= 15 is 0 Å². The molecule has 1 unspecified atom stereocenters. The molecular weight excluding hydrogens is 260 g/mol. The van der Waals surface area contributed by atoms with Crippen LogP contribution in [0.1, 0.15) is 46.5 Å². The molecule has 108 valence electrons. The quantitative estimate of drug-likeness (QED) is 0.575. The molecule has 0 aromatic rings. The summed E-state index contributed by atoms with van der Waals surface area (Å²) in [6.07, 6.45) is 0.188. The van der Waals surface area contributed by atoms with Gasteiger partial charge < -0.3 is 9.53 Å². The Morgan fingerprint density at radius 1 is 1.25 bits per heavy atom. The smallest absolute Gasteiger partial charge is 0.334 e. The number of hydrogen-bond acceptors (Lipinski definition) is 5. The van der Waals surface area contributed by atoms with Gasteiger partial charge in [-0.25, -0.2) is 4.79 Å². The van der Waals surface area contributed by atoms with Crippen molar-refractivity contribution in [3.05, 3.63) is 11.1 Å². The Morgan fingerprint density at radius 3 is 2.30 bits per heavy atom. The zero-order chi connectivity index (χ0) is 15.1. The summed E-state index contributed by atoms with van der Waals surface area (Å²) in [5.74, 6) is -0.870. The third-order valence-electron chi connectivity index (χ3n) is 4.34. The van der Waals surface area contributed by atoms with Gasteiger partial charge in [0.05, 0.1) is 0 Å². The highest BCUT2D eigenvalue weighted by molar-refractivity contribution is 6.14. The lowest BCUT2D eigenvalue weighted by Crippen LogP contribution is -2.43. The maximum absolute atomic E-state index is 12.1. The summed E-state index contributed by atoms with van der Waals surface area (Å²) in [5.41, 5.74) is -0.235. The van der Waals surface area contributed by atoms with Crippen molar-refractivity contribution in [2.45, 2.75) is 52.6 Å². The highest BCUT2D eigenvalue weighted by Gasteiger charge is 2.56. The largest absolute Gasteiger partial charge is 0.453 e. The Bertz CT molecular complexity index is 524. The van der Waals surface area contributed by atoms with Gasteiger partial charge in [0.25, 0.3) is 0 Å². The summed E-state index contributed by atoms with van der Waals surface area (Å²) in [7, 11) is 0. The number of rotatable bonds is 4. The van der Waals surface area contributed by atoms with Gasteiger partial charge in [0.15, 0.2) is 11.6 Å². The van der Waals surface area contributed by atoms with E-state index in [0.717, 1.165) is 0 Å². The van der Waals surface area contributed by atoms with Crippen LogP contribution in [-0.4, -0.2) is 29.4 Å². The van der Waals surface area contributed by atoms with E-state index in [1.54, 1.807) is 13.8 Å². The zero-order valence-corrected chi connectivity index (χ0v) is 11.9. The monoisotopic (exact) mass is 278 g/mol.